The zero-order valence-corrected chi connectivity index (χ0v) is 13.9. The van der Waals surface area contributed by atoms with Crippen molar-refractivity contribution in [3.05, 3.63) is 11.6 Å². The van der Waals surface area contributed by atoms with Crippen LogP contribution in [0.15, 0.2) is 11.6 Å². The third-order valence-electron chi connectivity index (χ3n) is 8.07. The van der Waals surface area contributed by atoms with Crippen LogP contribution in [-0.2, 0) is 0 Å². The normalized spacial score (nSPS) is 52.6. The van der Waals surface area contributed by atoms with Crippen molar-refractivity contribution >= 4 is 0 Å². The van der Waals surface area contributed by atoms with Gasteiger partial charge in [-0.2, -0.15) is 0 Å². The van der Waals surface area contributed by atoms with E-state index >= 15 is 0 Å². The van der Waals surface area contributed by atoms with Gasteiger partial charge in [0, 0.05) is 0 Å². The van der Waals surface area contributed by atoms with E-state index < -0.39 is 0 Å². The molecule has 0 bridgehead atoms. The molecule has 0 heterocycles. The van der Waals surface area contributed by atoms with Crippen molar-refractivity contribution in [2.24, 2.45) is 35.0 Å². The summed E-state index contributed by atoms with van der Waals surface area (Å²) in [5.74, 6) is 4.53. The van der Waals surface area contributed by atoms with E-state index in [-0.39, 0.29) is 11.5 Å². The van der Waals surface area contributed by atoms with E-state index in [0.29, 0.717) is 0 Å². The van der Waals surface area contributed by atoms with Gasteiger partial charge in [-0.05, 0) is 86.4 Å². The van der Waals surface area contributed by atoms with E-state index in [0.717, 1.165) is 36.0 Å². The van der Waals surface area contributed by atoms with Crippen LogP contribution in [0.2, 0.25) is 0 Å². The third-order valence-corrected chi connectivity index (χ3v) is 8.07. The second kappa shape index (κ2) is 5.11. The first-order chi connectivity index (χ1) is 10.1. The van der Waals surface area contributed by atoms with E-state index in [9.17, 15) is 5.11 Å². The van der Waals surface area contributed by atoms with Crippen molar-refractivity contribution in [1.82, 2.24) is 0 Å². The average molecular weight is 288 g/mol. The molecule has 1 nitrogen and oxygen atoms in total. The fourth-order valence-corrected chi connectivity index (χ4v) is 6.94. The molecule has 0 aliphatic heterocycles. The molecule has 118 valence electrons. The second-order valence-corrected chi connectivity index (χ2v) is 8.66. The van der Waals surface area contributed by atoms with Crippen LogP contribution in [-0.4, -0.2) is 11.2 Å². The molecule has 0 saturated heterocycles. The molecular weight excluding hydrogens is 256 g/mol. The molecule has 4 aliphatic rings. The fraction of sp³-hybridized carbons (Fsp3) is 0.900. The van der Waals surface area contributed by atoms with Crippen molar-refractivity contribution in [1.29, 1.82) is 0 Å². The van der Waals surface area contributed by atoms with E-state index in [1.807, 2.05) is 5.57 Å². The summed E-state index contributed by atoms with van der Waals surface area (Å²) in [4.78, 5) is 0. The van der Waals surface area contributed by atoms with Crippen molar-refractivity contribution in [2.75, 3.05) is 0 Å². The third kappa shape index (κ3) is 1.99. The minimum Gasteiger partial charge on any atom is -0.393 e. The Bertz CT molecular complexity index is 439. The molecule has 0 aromatic carbocycles. The van der Waals surface area contributed by atoms with Gasteiger partial charge in [0.05, 0.1) is 6.10 Å². The Hall–Kier alpha value is -0.300. The van der Waals surface area contributed by atoms with E-state index in [2.05, 4.69) is 19.9 Å². The lowest BCUT2D eigenvalue weighted by Gasteiger charge is -2.55. The van der Waals surface area contributed by atoms with Gasteiger partial charge < -0.3 is 5.11 Å². The first-order valence-corrected chi connectivity index (χ1v) is 9.52. The summed E-state index contributed by atoms with van der Waals surface area (Å²) in [5.41, 5.74) is 2.08. The number of hydrogen-bond donors (Lipinski definition) is 1. The Morgan fingerprint density at radius 3 is 2.81 bits per heavy atom. The van der Waals surface area contributed by atoms with Crippen LogP contribution in [0.3, 0.4) is 0 Å². The highest BCUT2D eigenvalue weighted by Crippen LogP contribution is 2.62. The van der Waals surface area contributed by atoms with Crippen molar-refractivity contribution < 1.29 is 5.11 Å². The van der Waals surface area contributed by atoms with Gasteiger partial charge in [-0.25, -0.2) is 0 Å². The number of aliphatic hydroxyl groups is 1. The average Bonchev–Trinajstić information content (AvgIpc) is 2.82. The minimum absolute atomic E-state index is 0.0197. The van der Waals surface area contributed by atoms with Crippen LogP contribution in [0.4, 0.5) is 0 Å². The van der Waals surface area contributed by atoms with Crippen LogP contribution in [0.25, 0.3) is 0 Å². The molecule has 0 amide bonds. The fourth-order valence-electron chi connectivity index (χ4n) is 6.94. The first kappa shape index (κ1) is 14.3. The molecule has 4 rings (SSSR count). The minimum atomic E-state index is -0.0197. The molecule has 1 N–H and O–H groups in total. The summed E-state index contributed by atoms with van der Waals surface area (Å²) in [6, 6.07) is 0. The molecule has 0 aromatic rings. The molecule has 0 spiro atoms. The summed E-state index contributed by atoms with van der Waals surface area (Å²) in [5, 5.41) is 10.5. The summed E-state index contributed by atoms with van der Waals surface area (Å²) >= 11 is 0. The topological polar surface area (TPSA) is 20.2 Å². The quantitative estimate of drug-likeness (QED) is 0.677. The lowest BCUT2D eigenvalue weighted by Crippen LogP contribution is -2.48. The highest BCUT2D eigenvalue weighted by Gasteiger charge is 2.56. The largest absolute Gasteiger partial charge is 0.393 e. The summed E-state index contributed by atoms with van der Waals surface area (Å²) < 4.78 is 0. The number of fused-ring (bicyclic) bond motifs is 5. The highest BCUT2D eigenvalue weighted by atomic mass is 16.3. The van der Waals surface area contributed by atoms with Crippen molar-refractivity contribution in [3.8, 4) is 0 Å². The molecule has 3 saturated carbocycles. The maximum absolute atomic E-state index is 10.5. The van der Waals surface area contributed by atoms with Gasteiger partial charge in [-0.3, -0.25) is 0 Å². The predicted molar refractivity (Wildman–Crippen MR) is 86.9 cm³/mol. The van der Waals surface area contributed by atoms with Gasteiger partial charge in [0.25, 0.3) is 0 Å². The summed E-state index contributed by atoms with van der Waals surface area (Å²) in [7, 11) is 0. The van der Waals surface area contributed by atoms with Crippen LogP contribution in [0.1, 0.15) is 71.6 Å². The van der Waals surface area contributed by atoms with Gasteiger partial charge in [0.1, 0.15) is 0 Å². The number of hydrogen-bond acceptors (Lipinski definition) is 1. The van der Waals surface area contributed by atoms with Gasteiger partial charge in [0.2, 0.25) is 0 Å². The van der Waals surface area contributed by atoms with Crippen LogP contribution < -0.4 is 0 Å². The first-order valence-electron chi connectivity index (χ1n) is 9.52. The Labute approximate surface area is 130 Å². The molecule has 0 radical (unpaired) electrons. The number of rotatable bonds is 1. The molecule has 0 unspecified atom stereocenters. The maximum atomic E-state index is 10.5. The van der Waals surface area contributed by atoms with Crippen LogP contribution in [0.5, 0.6) is 0 Å². The number of aliphatic hydroxyl groups excluding tert-OH is 1. The molecule has 7 atom stereocenters. The highest BCUT2D eigenvalue weighted by molar-refractivity contribution is 5.19. The summed E-state index contributed by atoms with van der Waals surface area (Å²) in [6.07, 6.45) is 14.5. The Morgan fingerprint density at radius 1 is 1.14 bits per heavy atom. The standard InChI is InChI=1S/C20H32O/c1-3-13-5-4-6-14-7-8-15-16(19(13)14)11-12-20(2)17(15)9-10-18(20)21/h6,13,15-19,21H,3-5,7-12H2,1-2H3/t13-,15-,16+,17+,18+,19+,20+/m1/s1. The zero-order chi connectivity index (χ0) is 14.6. The Balaban J connectivity index is 1.64. The van der Waals surface area contributed by atoms with Crippen LogP contribution in [0, 0.1) is 35.0 Å². The van der Waals surface area contributed by atoms with Gasteiger partial charge in [0.15, 0.2) is 0 Å². The van der Waals surface area contributed by atoms with Crippen molar-refractivity contribution in [2.45, 2.75) is 77.7 Å². The van der Waals surface area contributed by atoms with E-state index in [4.69, 9.17) is 0 Å². The van der Waals surface area contributed by atoms with Gasteiger partial charge >= 0.3 is 0 Å². The lowest BCUT2D eigenvalue weighted by atomic mass is 9.50. The summed E-state index contributed by atoms with van der Waals surface area (Å²) in [6.45, 7) is 4.80. The molecule has 4 aliphatic carbocycles. The smallest absolute Gasteiger partial charge is 0.0596 e. The van der Waals surface area contributed by atoms with Gasteiger partial charge in [-0.1, -0.05) is 31.9 Å². The molecule has 1 heteroatoms. The maximum Gasteiger partial charge on any atom is 0.0596 e. The monoisotopic (exact) mass is 288 g/mol. The second-order valence-electron chi connectivity index (χ2n) is 8.66. The molecular formula is C20H32O. The SMILES string of the molecule is CC[C@@H]1CCC=C2CC[C@@H]3[C@H](CC[C@]4(C)[C@@H](O)CC[C@@H]34)[C@H]21. The van der Waals surface area contributed by atoms with E-state index in [1.165, 1.54) is 51.4 Å². The molecule has 21 heavy (non-hydrogen) atoms. The Morgan fingerprint density at radius 2 is 2.00 bits per heavy atom. The Kier molecular flexibility index (Phi) is 3.48. The van der Waals surface area contributed by atoms with Gasteiger partial charge in [-0.15, -0.1) is 0 Å². The molecule has 0 aromatic heterocycles. The van der Waals surface area contributed by atoms with Crippen LogP contribution >= 0.6 is 0 Å². The zero-order valence-electron chi connectivity index (χ0n) is 13.9. The number of allylic oxidation sites excluding steroid dienone is 2. The predicted octanol–water partition coefficient (Wildman–Crippen LogP) is 4.95. The molecule has 3 fully saturated rings. The van der Waals surface area contributed by atoms with Crippen molar-refractivity contribution in [3.63, 3.8) is 0 Å². The lowest BCUT2D eigenvalue weighted by molar-refractivity contribution is -0.0603. The van der Waals surface area contributed by atoms with E-state index in [1.54, 1.807) is 0 Å².